The third-order valence-corrected chi connectivity index (χ3v) is 1.85. The summed E-state index contributed by atoms with van der Waals surface area (Å²) >= 11 is 4.18. The van der Waals surface area contributed by atoms with Crippen LogP contribution < -0.4 is 5.32 Å². The Kier molecular flexibility index (Phi) is 6.65. The predicted molar refractivity (Wildman–Crippen MR) is 46.2 cm³/mol. The summed E-state index contributed by atoms with van der Waals surface area (Å²) in [5.41, 5.74) is 0. The molecule has 0 rings (SSSR count). The van der Waals surface area contributed by atoms with Crippen molar-refractivity contribution in [2.75, 3.05) is 18.8 Å². The van der Waals surface area contributed by atoms with Crippen LogP contribution in [0.15, 0.2) is 0 Å². The highest BCUT2D eigenvalue weighted by molar-refractivity contribution is 7.80. The van der Waals surface area contributed by atoms with Crippen molar-refractivity contribution in [1.82, 2.24) is 5.32 Å². The number of hydrogen-bond donors (Lipinski definition) is 2. The molecule has 0 fully saturated rings. The van der Waals surface area contributed by atoms with Gasteiger partial charge in [0, 0.05) is 0 Å². The van der Waals surface area contributed by atoms with E-state index >= 15 is 0 Å². The van der Waals surface area contributed by atoms with E-state index in [1.165, 1.54) is 6.42 Å². The molecule has 0 bridgehead atoms. The Morgan fingerprint density at radius 2 is 2.22 bits per heavy atom. The topological polar surface area (TPSA) is 12.0 Å². The van der Waals surface area contributed by atoms with Crippen LogP contribution in [-0.4, -0.2) is 18.8 Å². The molecule has 0 aliphatic heterocycles. The second kappa shape index (κ2) is 6.43. The van der Waals surface area contributed by atoms with Crippen LogP contribution in [0.25, 0.3) is 0 Å². The normalized spacial score (nSPS) is 13.7. The second-order valence-electron chi connectivity index (χ2n) is 2.49. The van der Waals surface area contributed by atoms with Gasteiger partial charge in [-0.3, -0.25) is 0 Å². The Morgan fingerprint density at radius 1 is 1.56 bits per heavy atom. The SMILES string of the molecule is CCCNCC(C)CS. The van der Waals surface area contributed by atoms with E-state index in [4.69, 9.17) is 0 Å². The summed E-state index contributed by atoms with van der Waals surface area (Å²) in [5.74, 6) is 1.69. The first kappa shape index (κ1) is 9.31. The highest BCUT2D eigenvalue weighted by Crippen LogP contribution is 1.93. The summed E-state index contributed by atoms with van der Waals surface area (Å²) in [4.78, 5) is 0. The maximum absolute atomic E-state index is 4.18. The van der Waals surface area contributed by atoms with Gasteiger partial charge in [0.2, 0.25) is 0 Å². The van der Waals surface area contributed by atoms with Crippen molar-refractivity contribution in [2.24, 2.45) is 5.92 Å². The molecule has 0 spiro atoms. The highest BCUT2D eigenvalue weighted by atomic mass is 32.1. The summed E-state index contributed by atoms with van der Waals surface area (Å²) in [5, 5.41) is 3.34. The minimum absolute atomic E-state index is 0.708. The van der Waals surface area contributed by atoms with Crippen LogP contribution in [0, 0.1) is 5.92 Å². The molecule has 0 aliphatic rings. The Morgan fingerprint density at radius 3 is 2.67 bits per heavy atom. The minimum atomic E-state index is 0.708. The van der Waals surface area contributed by atoms with Crippen LogP contribution in [0.5, 0.6) is 0 Å². The molecule has 0 amide bonds. The van der Waals surface area contributed by atoms with E-state index in [1.807, 2.05) is 0 Å². The fourth-order valence-electron chi connectivity index (χ4n) is 0.590. The molecule has 9 heavy (non-hydrogen) atoms. The fraction of sp³-hybridized carbons (Fsp3) is 1.00. The molecule has 0 saturated carbocycles. The van der Waals surface area contributed by atoms with Gasteiger partial charge in [0.15, 0.2) is 0 Å². The molecule has 0 radical (unpaired) electrons. The van der Waals surface area contributed by atoms with Gasteiger partial charge in [-0.05, 0) is 31.2 Å². The van der Waals surface area contributed by atoms with Crippen molar-refractivity contribution in [3.8, 4) is 0 Å². The van der Waals surface area contributed by atoms with Gasteiger partial charge in [-0.25, -0.2) is 0 Å². The van der Waals surface area contributed by atoms with Crippen molar-refractivity contribution in [1.29, 1.82) is 0 Å². The summed E-state index contributed by atoms with van der Waals surface area (Å²) in [7, 11) is 0. The summed E-state index contributed by atoms with van der Waals surface area (Å²) in [6, 6.07) is 0. The van der Waals surface area contributed by atoms with Gasteiger partial charge in [-0.2, -0.15) is 12.6 Å². The number of nitrogens with one attached hydrogen (secondary N) is 1. The first-order chi connectivity index (χ1) is 4.31. The minimum Gasteiger partial charge on any atom is -0.316 e. The van der Waals surface area contributed by atoms with Crippen molar-refractivity contribution >= 4 is 12.6 Å². The molecule has 0 saturated heterocycles. The first-order valence-corrected chi connectivity index (χ1v) is 4.26. The smallest absolute Gasteiger partial charge is 0.00154 e. The van der Waals surface area contributed by atoms with Crippen LogP contribution in [0.2, 0.25) is 0 Å². The molecule has 1 N–H and O–H groups in total. The summed E-state index contributed by atoms with van der Waals surface area (Å²) in [6.07, 6.45) is 1.22. The van der Waals surface area contributed by atoms with Crippen molar-refractivity contribution in [2.45, 2.75) is 20.3 Å². The van der Waals surface area contributed by atoms with Crippen LogP contribution in [0.3, 0.4) is 0 Å². The van der Waals surface area contributed by atoms with Crippen molar-refractivity contribution in [3.05, 3.63) is 0 Å². The lowest BCUT2D eigenvalue weighted by Crippen LogP contribution is -2.22. The quantitative estimate of drug-likeness (QED) is 0.444. The zero-order valence-corrected chi connectivity index (χ0v) is 7.25. The number of rotatable bonds is 5. The zero-order valence-electron chi connectivity index (χ0n) is 6.35. The Balaban J connectivity index is 2.88. The number of thiol groups is 1. The molecule has 1 nitrogen and oxygen atoms in total. The lowest BCUT2D eigenvalue weighted by Gasteiger charge is -2.07. The van der Waals surface area contributed by atoms with Gasteiger partial charge in [0.1, 0.15) is 0 Å². The average molecular weight is 147 g/mol. The highest BCUT2D eigenvalue weighted by Gasteiger charge is 1.95. The first-order valence-electron chi connectivity index (χ1n) is 3.62. The van der Waals surface area contributed by atoms with E-state index < -0.39 is 0 Å². The van der Waals surface area contributed by atoms with Crippen LogP contribution in [-0.2, 0) is 0 Å². The number of hydrogen-bond acceptors (Lipinski definition) is 2. The van der Waals surface area contributed by atoms with Crippen molar-refractivity contribution < 1.29 is 0 Å². The zero-order chi connectivity index (χ0) is 7.11. The molecule has 0 aromatic heterocycles. The molecular formula is C7H17NS. The van der Waals surface area contributed by atoms with Gasteiger partial charge in [0.05, 0.1) is 0 Å². The molecule has 2 heteroatoms. The maximum atomic E-state index is 4.18. The predicted octanol–water partition coefficient (Wildman–Crippen LogP) is 1.55. The van der Waals surface area contributed by atoms with Gasteiger partial charge in [-0.15, -0.1) is 0 Å². The second-order valence-corrected chi connectivity index (χ2v) is 2.86. The molecular weight excluding hydrogens is 130 g/mol. The van der Waals surface area contributed by atoms with Gasteiger partial charge in [0.25, 0.3) is 0 Å². The molecule has 0 aromatic carbocycles. The molecule has 56 valence electrons. The Bertz CT molecular complexity index is 56.9. The molecule has 0 heterocycles. The average Bonchev–Trinajstić information content (AvgIpc) is 1.89. The van der Waals surface area contributed by atoms with Crippen molar-refractivity contribution in [3.63, 3.8) is 0 Å². The van der Waals surface area contributed by atoms with Crippen LogP contribution >= 0.6 is 12.6 Å². The van der Waals surface area contributed by atoms with Crippen LogP contribution in [0.4, 0.5) is 0 Å². The third-order valence-electron chi connectivity index (χ3n) is 1.23. The molecule has 1 unspecified atom stereocenters. The van der Waals surface area contributed by atoms with Gasteiger partial charge < -0.3 is 5.32 Å². The lowest BCUT2D eigenvalue weighted by molar-refractivity contribution is 0.558. The lowest BCUT2D eigenvalue weighted by atomic mass is 10.2. The van der Waals surface area contributed by atoms with Crippen LogP contribution in [0.1, 0.15) is 20.3 Å². The monoisotopic (exact) mass is 147 g/mol. The fourth-order valence-corrected chi connectivity index (χ4v) is 0.719. The van der Waals surface area contributed by atoms with E-state index in [1.54, 1.807) is 0 Å². The molecule has 0 aromatic rings. The summed E-state index contributed by atoms with van der Waals surface area (Å²) < 4.78 is 0. The van der Waals surface area contributed by atoms with E-state index in [-0.39, 0.29) is 0 Å². The van der Waals surface area contributed by atoms with Gasteiger partial charge >= 0.3 is 0 Å². The third kappa shape index (κ3) is 6.19. The van der Waals surface area contributed by atoms with E-state index in [2.05, 4.69) is 31.8 Å². The van der Waals surface area contributed by atoms with E-state index in [9.17, 15) is 0 Å². The standard InChI is InChI=1S/C7H17NS/c1-3-4-8-5-7(2)6-9/h7-9H,3-6H2,1-2H3. The molecule has 0 aliphatic carbocycles. The van der Waals surface area contributed by atoms with E-state index in [0.29, 0.717) is 5.92 Å². The maximum Gasteiger partial charge on any atom is -0.00154 e. The Hall–Kier alpha value is 0.310. The molecule has 1 atom stereocenters. The van der Waals surface area contributed by atoms with Gasteiger partial charge in [-0.1, -0.05) is 13.8 Å². The Labute approximate surface area is 63.6 Å². The summed E-state index contributed by atoms with van der Waals surface area (Å²) in [6.45, 7) is 6.63. The largest absolute Gasteiger partial charge is 0.316 e. The van der Waals surface area contributed by atoms with E-state index in [0.717, 1.165) is 18.8 Å².